The summed E-state index contributed by atoms with van der Waals surface area (Å²) in [5.41, 5.74) is 3.88. The van der Waals surface area contributed by atoms with Crippen molar-refractivity contribution < 1.29 is 37.5 Å². The van der Waals surface area contributed by atoms with Gasteiger partial charge in [-0.15, -0.1) is 0 Å². The van der Waals surface area contributed by atoms with E-state index in [9.17, 15) is 28.4 Å². The third-order valence-electron chi connectivity index (χ3n) is 15.5. The molecule has 0 bridgehead atoms. The number of rotatable bonds is 11. The average Bonchev–Trinajstić information content (AvgIpc) is 3.77. The number of anilines is 2. The molecule has 360 valence electrons. The van der Waals surface area contributed by atoms with Crippen LogP contribution in [0, 0.1) is 28.4 Å². The van der Waals surface area contributed by atoms with Crippen molar-refractivity contribution in [3.63, 3.8) is 0 Å². The molecule has 0 unspecified atom stereocenters. The summed E-state index contributed by atoms with van der Waals surface area (Å²) >= 11 is 0. The Kier molecular flexibility index (Phi) is 12.2. The molecule has 5 aliphatic rings. The van der Waals surface area contributed by atoms with E-state index < -0.39 is 37.0 Å². The summed E-state index contributed by atoms with van der Waals surface area (Å²) in [6.45, 7) is 12.3. The van der Waals surface area contributed by atoms with Crippen LogP contribution in [0.5, 0.6) is 17.2 Å². The van der Waals surface area contributed by atoms with Gasteiger partial charge in [-0.25, -0.2) is 18.1 Å². The number of nitro groups is 1. The van der Waals surface area contributed by atoms with Crippen molar-refractivity contribution in [1.29, 1.82) is 0 Å². The number of ether oxygens (including phenoxy) is 3. The Morgan fingerprint density at radius 2 is 1.76 bits per heavy atom. The molecule has 68 heavy (non-hydrogen) atoms. The number of aromatic amines is 1. The van der Waals surface area contributed by atoms with Gasteiger partial charge in [0.25, 0.3) is 21.6 Å². The van der Waals surface area contributed by atoms with Crippen molar-refractivity contribution in [3.05, 3.63) is 105 Å². The highest BCUT2D eigenvalue weighted by molar-refractivity contribution is 7.90. The van der Waals surface area contributed by atoms with Gasteiger partial charge in [0.05, 0.1) is 52.0 Å². The third-order valence-corrected chi connectivity index (χ3v) is 16.8. The molecule has 0 radical (unpaired) electrons. The lowest BCUT2D eigenvalue weighted by Crippen LogP contribution is -2.58. The highest BCUT2D eigenvalue weighted by Crippen LogP contribution is 2.53. The highest BCUT2D eigenvalue weighted by Gasteiger charge is 2.50. The number of carbonyl (C=O) groups is 1. The molecule has 1 spiro atoms. The maximum absolute atomic E-state index is 14.2. The normalized spacial score (nSPS) is 24.2. The van der Waals surface area contributed by atoms with Gasteiger partial charge < -0.3 is 34.5 Å². The number of carbonyl (C=O) groups excluding carboxylic acids is 1. The summed E-state index contributed by atoms with van der Waals surface area (Å²) in [5.74, 6) is 0.101. The van der Waals surface area contributed by atoms with Crippen LogP contribution in [-0.2, 0) is 14.8 Å². The van der Waals surface area contributed by atoms with Crippen LogP contribution in [-0.4, -0.2) is 96.4 Å². The minimum atomic E-state index is -4.67. The van der Waals surface area contributed by atoms with Gasteiger partial charge in [0.1, 0.15) is 23.8 Å². The minimum absolute atomic E-state index is 0.000940. The van der Waals surface area contributed by atoms with Crippen LogP contribution >= 0.6 is 0 Å². The Bertz CT molecular complexity index is 2840. The zero-order valence-corrected chi connectivity index (χ0v) is 39.9. The summed E-state index contributed by atoms with van der Waals surface area (Å²) < 4.78 is 48.8. The Hall–Kier alpha value is -5.75. The number of hydrogen-bond acceptors (Lipinski definition) is 13. The zero-order chi connectivity index (χ0) is 47.5. The monoisotopic (exact) mass is 947 g/mol. The SMILES string of the molecule is Cc1nc2[nH]ccc2cc1Oc1cc(N2CCC3(CC2)CC(N2CCOC[C@@H]2c2ccccc2C(C)C)C3)ccc1C(=O)NS(=O)(=O)c1cc2c(c([N+](=O)[O-])c1)N[C@@H]([C@H]1CC[C@](C)(O)CC1)CO2. The highest BCUT2D eigenvalue weighted by atomic mass is 32.2. The van der Waals surface area contributed by atoms with Gasteiger partial charge in [-0.2, -0.15) is 0 Å². The number of hydrogen-bond donors (Lipinski definition) is 4. The molecule has 10 rings (SSSR count). The number of aliphatic hydroxyl groups is 1. The minimum Gasteiger partial charge on any atom is -0.489 e. The number of morpholine rings is 1. The number of aromatic nitrogens is 2. The molecule has 3 aliphatic heterocycles. The van der Waals surface area contributed by atoms with Gasteiger partial charge in [0.2, 0.25) is 0 Å². The Labute approximate surface area is 397 Å². The Morgan fingerprint density at radius 3 is 2.51 bits per heavy atom. The second-order valence-electron chi connectivity index (χ2n) is 20.3. The lowest BCUT2D eigenvalue weighted by molar-refractivity contribution is -0.384. The van der Waals surface area contributed by atoms with Gasteiger partial charge >= 0.3 is 0 Å². The van der Waals surface area contributed by atoms with Crippen LogP contribution in [0.15, 0.2) is 77.8 Å². The number of aryl methyl sites for hydroxylation is 1. The van der Waals surface area contributed by atoms with E-state index in [1.54, 1.807) is 25.3 Å². The summed E-state index contributed by atoms with van der Waals surface area (Å²) in [4.78, 5) is 38.2. The van der Waals surface area contributed by atoms with Crippen LogP contribution in [0.1, 0.15) is 111 Å². The first-order valence-corrected chi connectivity index (χ1v) is 25.5. The fourth-order valence-electron chi connectivity index (χ4n) is 11.4. The Balaban J connectivity index is 0.867. The largest absolute Gasteiger partial charge is 0.489 e. The fraction of sp³-hybridized carbons (Fsp3) is 0.490. The zero-order valence-electron chi connectivity index (χ0n) is 39.1. The van der Waals surface area contributed by atoms with Crippen LogP contribution < -0.4 is 24.4 Å². The first-order valence-electron chi connectivity index (χ1n) is 24.0. The second kappa shape index (κ2) is 18.0. The average molecular weight is 948 g/mol. The number of pyridine rings is 1. The van der Waals surface area contributed by atoms with E-state index in [4.69, 9.17) is 14.2 Å². The summed E-state index contributed by atoms with van der Waals surface area (Å²) in [6, 6.07) is 20.3. The number of fused-ring (bicyclic) bond motifs is 2. The van der Waals surface area contributed by atoms with Gasteiger partial charge in [-0.3, -0.25) is 19.8 Å². The number of benzene rings is 3. The van der Waals surface area contributed by atoms with E-state index in [0.717, 1.165) is 69.1 Å². The fourth-order valence-corrected chi connectivity index (χ4v) is 12.4. The molecule has 1 amide bonds. The molecule has 3 aromatic carbocycles. The van der Waals surface area contributed by atoms with E-state index in [2.05, 4.69) is 67.9 Å². The van der Waals surface area contributed by atoms with Crippen LogP contribution in [0.2, 0.25) is 0 Å². The second-order valence-corrected chi connectivity index (χ2v) is 22.0. The molecule has 2 saturated carbocycles. The predicted octanol–water partition coefficient (Wildman–Crippen LogP) is 8.75. The number of nitrogens with zero attached hydrogens (tertiary/aromatic N) is 4. The van der Waals surface area contributed by atoms with Crippen molar-refractivity contribution in [1.82, 2.24) is 19.6 Å². The van der Waals surface area contributed by atoms with Crippen molar-refractivity contribution in [2.75, 3.05) is 49.7 Å². The number of piperidine rings is 1. The molecule has 16 nitrogen and oxygen atoms in total. The number of sulfonamides is 1. The van der Waals surface area contributed by atoms with Crippen molar-refractivity contribution in [3.8, 4) is 17.2 Å². The molecule has 5 heterocycles. The van der Waals surface area contributed by atoms with E-state index in [1.807, 2.05) is 25.1 Å². The van der Waals surface area contributed by atoms with Gasteiger partial charge in [-0.1, -0.05) is 38.1 Å². The maximum Gasteiger partial charge on any atom is 0.297 e. The van der Waals surface area contributed by atoms with Crippen LogP contribution in [0.4, 0.5) is 17.1 Å². The summed E-state index contributed by atoms with van der Waals surface area (Å²) in [7, 11) is -4.67. The molecule has 2 atom stereocenters. The molecule has 5 aromatic rings. The molecule has 17 heteroatoms. The molecule has 2 aliphatic carbocycles. The third kappa shape index (κ3) is 9.01. The quantitative estimate of drug-likeness (QED) is 0.0724. The maximum atomic E-state index is 14.2. The van der Waals surface area contributed by atoms with Gasteiger partial charge in [-0.05, 0) is 118 Å². The van der Waals surface area contributed by atoms with Gasteiger partial charge in [0.15, 0.2) is 11.4 Å². The van der Waals surface area contributed by atoms with Crippen molar-refractivity contribution in [2.24, 2.45) is 11.3 Å². The Morgan fingerprint density at radius 1 is 1.00 bits per heavy atom. The smallest absolute Gasteiger partial charge is 0.297 e. The topological polar surface area (TPSA) is 201 Å². The standard InChI is InChI=1S/C51H61N7O9S/c1-31(2)38-7-5-6-8-39(38)43-30-65-22-21-57(43)36-27-51(28-36)16-19-56(20-17-51)35-9-10-40(45(24-35)67-44-23-34-13-18-52-48(34)53-32(44)3)49(59)55-68(63,64)37-25-42(58(61)62)47-46(26-37)66-29-41(54-47)33-11-14-50(4,60)15-12-33/h5-10,13,18,23-26,31,33,36,41,43,54,60H,11-12,14-17,19-22,27-30H2,1-4H3,(H,52,53)(H,55,59)/t33-,41-,43-,50-/m1/s1. The van der Waals surface area contributed by atoms with E-state index in [0.29, 0.717) is 61.3 Å². The van der Waals surface area contributed by atoms with Crippen LogP contribution in [0.25, 0.3) is 11.0 Å². The molecular weight excluding hydrogens is 887 g/mol. The molecule has 4 fully saturated rings. The number of amides is 1. The molecule has 4 N–H and O–H groups in total. The molecule has 2 aromatic heterocycles. The molecule has 2 saturated heterocycles. The lowest BCUT2D eigenvalue weighted by atomic mass is 9.59. The summed E-state index contributed by atoms with van der Waals surface area (Å²) in [5, 5.41) is 26.9. The first kappa shape index (κ1) is 46.0. The first-order chi connectivity index (χ1) is 32.6. The number of nitro benzene ring substituents is 1. The lowest BCUT2D eigenvalue weighted by Gasteiger charge is -2.57. The van der Waals surface area contributed by atoms with E-state index in [1.165, 1.54) is 17.2 Å². The van der Waals surface area contributed by atoms with E-state index in [-0.39, 0.29) is 52.8 Å². The van der Waals surface area contributed by atoms with Gasteiger partial charge in [0, 0.05) is 61.1 Å². The summed E-state index contributed by atoms with van der Waals surface area (Å²) in [6.07, 6.45) is 8.70. The van der Waals surface area contributed by atoms with Crippen LogP contribution in [0.3, 0.4) is 0 Å². The number of nitrogens with one attached hydrogen (secondary N) is 3. The number of H-pyrrole nitrogens is 1. The van der Waals surface area contributed by atoms with E-state index >= 15 is 0 Å². The predicted molar refractivity (Wildman–Crippen MR) is 258 cm³/mol. The van der Waals surface area contributed by atoms with Crippen molar-refractivity contribution >= 4 is 44.0 Å². The molecular formula is C51H61N7O9S. The van der Waals surface area contributed by atoms with Crippen molar-refractivity contribution in [2.45, 2.75) is 114 Å².